The molecular weight excluding hydrogens is 278 g/mol. The Hall–Kier alpha value is -2.10. The monoisotopic (exact) mass is 299 g/mol. The topological polar surface area (TPSA) is 57.6 Å². The molecule has 1 amide bonds. The number of carbonyl (C=O) groups excluding carboxylic acids is 1. The number of benzene rings is 1. The fourth-order valence-electron chi connectivity index (χ4n) is 3.56. The third-order valence-corrected chi connectivity index (χ3v) is 4.83. The van der Waals surface area contributed by atoms with Crippen molar-refractivity contribution in [2.45, 2.75) is 38.6 Å². The van der Waals surface area contributed by atoms with E-state index >= 15 is 0 Å². The van der Waals surface area contributed by atoms with Crippen LogP contribution in [0.5, 0.6) is 0 Å². The smallest absolute Gasteiger partial charge is 0.307 e. The molecule has 1 aromatic rings. The lowest BCUT2D eigenvalue weighted by atomic mass is 9.81. The summed E-state index contributed by atoms with van der Waals surface area (Å²) in [6, 6.07) is 8.06. The van der Waals surface area contributed by atoms with Gasteiger partial charge in [-0.1, -0.05) is 30.4 Å². The third-order valence-electron chi connectivity index (χ3n) is 4.83. The number of allylic oxidation sites excluding steroid dienone is 2. The number of anilines is 1. The van der Waals surface area contributed by atoms with Gasteiger partial charge < -0.3 is 10.0 Å². The van der Waals surface area contributed by atoms with E-state index in [4.69, 9.17) is 0 Å². The first-order chi connectivity index (χ1) is 10.6. The maximum atomic E-state index is 13.1. The number of carboxylic acids is 1. The second kappa shape index (κ2) is 5.95. The average molecular weight is 299 g/mol. The van der Waals surface area contributed by atoms with Gasteiger partial charge in [0.15, 0.2) is 0 Å². The van der Waals surface area contributed by atoms with Crippen molar-refractivity contribution in [1.82, 2.24) is 0 Å². The first-order valence-corrected chi connectivity index (χ1v) is 7.88. The van der Waals surface area contributed by atoms with Crippen molar-refractivity contribution in [2.75, 3.05) is 4.90 Å². The van der Waals surface area contributed by atoms with Gasteiger partial charge in [0.2, 0.25) is 5.91 Å². The van der Waals surface area contributed by atoms with E-state index in [9.17, 15) is 14.7 Å². The summed E-state index contributed by atoms with van der Waals surface area (Å²) >= 11 is 0. The van der Waals surface area contributed by atoms with Crippen LogP contribution < -0.4 is 4.90 Å². The van der Waals surface area contributed by atoms with Crippen LogP contribution in [0.2, 0.25) is 0 Å². The van der Waals surface area contributed by atoms with E-state index in [0.29, 0.717) is 12.8 Å². The van der Waals surface area contributed by atoms with Crippen LogP contribution in [0.15, 0.2) is 36.4 Å². The number of hydrogen-bond donors (Lipinski definition) is 1. The number of aryl methyl sites for hydroxylation is 1. The number of para-hydroxylation sites is 1. The molecule has 4 heteroatoms. The highest BCUT2D eigenvalue weighted by Gasteiger charge is 2.39. The van der Waals surface area contributed by atoms with E-state index in [1.165, 1.54) is 5.56 Å². The lowest BCUT2D eigenvalue weighted by Gasteiger charge is -2.39. The van der Waals surface area contributed by atoms with E-state index in [0.717, 1.165) is 18.5 Å². The SMILES string of the molecule is CC1CCc2ccccc2N1C(=O)C1CC=CCC1C(=O)O. The summed E-state index contributed by atoms with van der Waals surface area (Å²) in [4.78, 5) is 26.4. The zero-order chi connectivity index (χ0) is 15.7. The van der Waals surface area contributed by atoms with Gasteiger partial charge in [-0.05, 0) is 44.2 Å². The maximum absolute atomic E-state index is 13.1. The van der Waals surface area contributed by atoms with Crippen LogP contribution in [-0.4, -0.2) is 23.0 Å². The Morgan fingerprint density at radius 3 is 2.55 bits per heavy atom. The zero-order valence-corrected chi connectivity index (χ0v) is 12.7. The van der Waals surface area contributed by atoms with Crippen LogP contribution in [-0.2, 0) is 16.0 Å². The van der Waals surface area contributed by atoms with Crippen molar-refractivity contribution in [3.05, 3.63) is 42.0 Å². The van der Waals surface area contributed by atoms with Gasteiger partial charge in [0, 0.05) is 11.7 Å². The van der Waals surface area contributed by atoms with Crippen molar-refractivity contribution < 1.29 is 14.7 Å². The number of nitrogens with zero attached hydrogens (tertiary/aromatic N) is 1. The number of carboxylic acid groups (broad SMARTS) is 1. The Morgan fingerprint density at radius 1 is 1.14 bits per heavy atom. The first kappa shape index (κ1) is 14.8. The van der Waals surface area contributed by atoms with Gasteiger partial charge in [-0.15, -0.1) is 0 Å². The molecule has 116 valence electrons. The average Bonchev–Trinajstić information content (AvgIpc) is 2.54. The van der Waals surface area contributed by atoms with Crippen molar-refractivity contribution in [3.63, 3.8) is 0 Å². The van der Waals surface area contributed by atoms with Gasteiger partial charge in [-0.25, -0.2) is 0 Å². The molecule has 0 aromatic heterocycles. The Kier molecular flexibility index (Phi) is 4.01. The molecule has 0 saturated heterocycles. The van der Waals surface area contributed by atoms with E-state index in [1.807, 2.05) is 42.2 Å². The number of carbonyl (C=O) groups is 2. The number of aliphatic carboxylic acids is 1. The minimum Gasteiger partial charge on any atom is -0.481 e. The molecule has 1 heterocycles. The molecule has 22 heavy (non-hydrogen) atoms. The fraction of sp³-hybridized carbons (Fsp3) is 0.444. The van der Waals surface area contributed by atoms with Crippen LogP contribution in [0.25, 0.3) is 0 Å². The van der Waals surface area contributed by atoms with E-state index in [2.05, 4.69) is 6.07 Å². The number of amides is 1. The predicted octanol–water partition coefficient (Wildman–Crippen LogP) is 3.02. The summed E-state index contributed by atoms with van der Waals surface area (Å²) in [5.74, 6) is -1.99. The number of hydrogen-bond acceptors (Lipinski definition) is 2. The fourth-order valence-corrected chi connectivity index (χ4v) is 3.56. The Morgan fingerprint density at radius 2 is 1.82 bits per heavy atom. The molecule has 4 nitrogen and oxygen atoms in total. The van der Waals surface area contributed by atoms with Crippen LogP contribution in [0.4, 0.5) is 5.69 Å². The van der Waals surface area contributed by atoms with Gasteiger partial charge in [-0.3, -0.25) is 9.59 Å². The van der Waals surface area contributed by atoms with Crippen molar-refractivity contribution in [2.24, 2.45) is 11.8 Å². The van der Waals surface area contributed by atoms with E-state index in [1.54, 1.807) is 0 Å². The van der Waals surface area contributed by atoms with Gasteiger partial charge >= 0.3 is 5.97 Å². The molecule has 1 N–H and O–H groups in total. The second-order valence-electron chi connectivity index (χ2n) is 6.22. The Balaban J connectivity index is 1.94. The minimum atomic E-state index is -0.874. The largest absolute Gasteiger partial charge is 0.481 e. The molecule has 0 spiro atoms. The van der Waals surface area contributed by atoms with Crippen LogP contribution >= 0.6 is 0 Å². The lowest BCUT2D eigenvalue weighted by Crippen LogP contribution is -2.48. The second-order valence-corrected chi connectivity index (χ2v) is 6.22. The molecule has 0 saturated carbocycles. The Bertz CT molecular complexity index is 623. The summed E-state index contributed by atoms with van der Waals surface area (Å²) in [7, 11) is 0. The third kappa shape index (κ3) is 2.54. The zero-order valence-electron chi connectivity index (χ0n) is 12.7. The molecule has 1 aliphatic heterocycles. The molecule has 1 aromatic carbocycles. The summed E-state index contributed by atoms with van der Waals surface area (Å²) in [6.07, 6.45) is 6.65. The number of fused-ring (bicyclic) bond motifs is 1. The molecular formula is C18H21NO3. The molecule has 2 aliphatic rings. The summed E-state index contributed by atoms with van der Waals surface area (Å²) in [5.41, 5.74) is 2.12. The Labute approximate surface area is 130 Å². The molecule has 0 fully saturated rings. The molecule has 3 rings (SSSR count). The summed E-state index contributed by atoms with van der Waals surface area (Å²) in [5, 5.41) is 9.41. The van der Waals surface area contributed by atoms with Crippen LogP contribution in [0.1, 0.15) is 31.7 Å². The highest BCUT2D eigenvalue weighted by molar-refractivity contribution is 5.99. The molecule has 3 atom stereocenters. The van der Waals surface area contributed by atoms with Crippen LogP contribution in [0.3, 0.4) is 0 Å². The van der Waals surface area contributed by atoms with Crippen molar-refractivity contribution in [3.8, 4) is 0 Å². The maximum Gasteiger partial charge on any atom is 0.307 e. The molecule has 1 aliphatic carbocycles. The quantitative estimate of drug-likeness (QED) is 0.854. The highest BCUT2D eigenvalue weighted by Crippen LogP contribution is 2.35. The summed E-state index contributed by atoms with van der Waals surface area (Å²) < 4.78 is 0. The normalized spacial score (nSPS) is 27.3. The van der Waals surface area contributed by atoms with Crippen molar-refractivity contribution >= 4 is 17.6 Å². The van der Waals surface area contributed by atoms with Gasteiger partial charge in [0.25, 0.3) is 0 Å². The van der Waals surface area contributed by atoms with Crippen molar-refractivity contribution in [1.29, 1.82) is 0 Å². The lowest BCUT2D eigenvalue weighted by molar-refractivity contribution is -0.146. The van der Waals surface area contributed by atoms with Gasteiger partial charge in [-0.2, -0.15) is 0 Å². The predicted molar refractivity (Wildman–Crippen MR) is 84.7 cm³/mol. The first-order valence-electron chi connectivity index (χ1n) is 7.88. The molecule has 3 unspecified atom stereocenters. The molecule has 0 radical (unpaired) electrons. The van der Waals surface area contributed by atoms with E-state index < -0.39 is 17.8 Å². The molecule has 0 bridgehead atoms. The standard InChI is InChI=1S/C18H21NO3/c1-12-10-11-13-6-2-5-9-16(13)19(12)17(20)14-7-3-4-8-15(14)18(21)22/h2-6,9,12,14-15H,7-8,10-11H2,1H3,(H,21,22). The van der Waals surface area contributed by atoms with Crippen LogP contribution in [0, 0.1) is 11.8 Å². The minimum absolute atomic E-state index is 0.0450. The summed E-state index contributed by atoms with van der Waals surface area (Å²) in [6.45, 7) is 2.04. The van der Waals surface area contributed by atoms with Gasteiger partial charge in [0.1, 0.15) is 0 Å². The highest BCUT2D eigenvalue weighted by atomic mass is 16.4. The number of rotatable bonds is 2. The van der Waals surface area contributed by atoms with E-state index in [-0.39, 0.29) is 11.9 Å². The van der Waals surface area contributed by atoms with Gasteiger partial charge in [0.05, 0.1) is 11.8 Å².